The van der Waals surface area contributed by atoms with Crippen LogP contribution in [0.15, 0.2) is 48.5 Å². The molecule has 0 heterocycles. The summed E-state index contributed by atoms with van der Waals surface area (Å²) in [5.41, 5.74) is 2.03. The van der Waals surface area contributed by atoms with Gasteiger partial charge in [-0.25, -0.2) is 0 Å². The van der Waals surface area contributed by atoms with Gasteiger partial charge < -0.3 is 15.4 Å². The first kappa shape index (κ1) is 24.2. The molecular formula is C23H27F3N2O3. The van der Waals surface area contributed by atoms with E-state index in [1.807, 2.05) is 24.3 Å². The fraction of sp³-hybridized carbons (Fsp3) is 0.391. The number of alkyl halides is 3. The lowest BCUT2D eigenvalue weighted by Gasteiger charge is -2.19. The number of rotatable bonds is 8. The van der Waals surface area contributed by atoms with E-state index in [0.29, 0.717) is 25.0 Å². The van der Waals surface area contributed by atoms with Crippen molar-refractivity contribution in [1.29, 1.82) is 0 Å². The minimum Gasteiger partial charge on any atom is -0.494 e. The minimum atomic E-state index is -4.94. The average Bonchev–Trinajstić information content (AvgIpc) is 2.69. The molecule has 0 saturated heterocycles. The van der Waals surface area contributed by atoms with Crippen LogP contribution in [-0.4, -0.2) is 24.6 Å². The maximum absolute atomic E-state index is 12.2. The zero-order valence-corrected chi connectivity index (χ0v) is 17.8. The molecule has 2 aromatic rings. The van der Waals surface area contributed by atoms with E-state index in [1.54, 1.807) is 5.32 Å². The van der Waals surface area contributed by atoms with E-state index in [9.17, 15) is 22.8 Å². The van der Waals surface area contributed by atoms with Crippen LogP contribution >= 0.6 is 0 Å². The molecule has 2 aromatic carbocycles. The van der Waals surface area contributed by atoms with E-state index in [1.165, 1.54) is 29.8 Å². The van der Waals surface area contributed by atoms with Gasteiger partial charge >= 0.3 is 12.1 Å². The molecule has 2 N–H and O–H groups in total. The summed E-state index contributed by atoms with van der Waals surface area (Å²) in [6, 6.07) is 13.7. The van der Waals surface area contributed by atoms with Gasteiger partial charge in [0.25, 0.3) is 0 Å². The third-order valence-electron chi connectivity index (χ3n) is 4.50. The third-order valence-corrected chi connectivity index (χ3v) is 4.50. The zero-order valence-electron chi connectivity index (χ0n) is 17.8. The molecule has 0 radical (unpaired) electrons. The van der Waals surface area contributed by atoms with Crippen molar-refractivity contribution in [1.82, 2.24) is 5.32 Å². The van der Waals surface area contributed by atoms with E-state index in [2.05, 4.69) is 26.1 Å². The molecule has 8 heteroatoms. The normalized spacial score (nSPS) is 11.7. The molecule has 0 saturated carbocycles. The smallest absolute Gasteiger partial charge is 0.471 e. The van der Waals surface area contributed by atoms with Gasteiger partial charge in [-0.2, -0.15) is 13.2 Å². The Morgan fingerprint density at radius 1 is 0.935 bits per heavy atom. The molecule has 0 aliphatic rings. The van der Waals surface area contributed by atoms with Crippen molar-refractivity contribution in [3.05, 3.63) is 59.7 Å². The van der Waals surface area contributed by atoms with Crippen molar-refractivity contribution in [3.8, 4) is 5.75 Å². The Morgan fingerprint density at radius 3 is 2.10 bits per heavy atom. The van der Waals surface area contributed by atoms with Gasteiger partial charge in [-0.1, -0.05) is 45.0 Å². The summed E-state index contributed by atoms with van der Waals surface area (Å²) in [4.78, 5) is 22.9. The molecular weight excluding hydrogens is 409 g/mol. The highest BCUT2D eigenvalue weighted by Gasteiger charge is 2.38. The monoisotopic (exact) mass is 436 g/mol. The summed E-state index contributed by atoms with van der Waals surface area (Å²) in [7, 11) is 0. The summed E-state index contributed by atoms with van der Waals surface area (Å²) in [5, 5.41) is 4.51. The molecule has 0 fully saturated rings. The number of carbonyl (C=O) groups is 2. The second kappa shape index (κ2) is 10.3. The van der Waals surface area contributed by atoms with Gasteiger partial charge in [-0.15, -0.1) is 0 Å². The van der Waals surface area contributed by atoms with Crippen molar-refractivity contribution in [2.45, 2.75) is 51.7 Å². The van der Waals surface area contributed by atoms with Crippen LogP contribution in [0.5, 0.6) is 5.75 Å². The van der Waals surface area contributed by atoms with E-state index >= 15 is 0 Å². The topological polar surface area (TPSA) is 67.4 Å². The Bertz CT molecular complexity index is 871. The first-order valence-corrected chi connectivity index (χ1v) is 9.92. The number of ether oxygens (including phenoxy) is 1. The second-order valence-corrected chi connectivity index (χ2v) is 8.15. The van der Waals surface area contributed by atoms with Gasteiger partial charge in [0.2, 0.25) is 5.91 Å². The van der Waals surface area contributed by atoms with Gasteiger partial charge in [-0.3, -0.25) is 9.59 Å². The third kappa shape index (κ3) is 8.32. The standard InChI is InChI=1S/C23H27F3N2O3/c1-22(2,3)17-8-12-19(13-9-17)31-14-4-5-20(29)27-15-16-6-10-18(11-7-16)28-21(30)23(24,25)26/h6-13H,4-5,14-15H2,1-3H3,(H,27,29)(H,28,30). The lowest BCUT2D eigenvalue weighted by molar-refractivity contribution is -0.167. The van der Waals surface area contributed by atoms with Crippen LogP contribution in [0.3, 0.4) is 0 Å². The Hall–Kier alpha value is -3.03. The number of anilines is 1. The van der Waals surface area contributed by atoms with Crippen LogP contribution in [0.2, 0.25) is 0 Å². The Morgan fingerprint density at radius 2 is 1.55 bits per heavy atom. The molecule has 0 spiro atoms. The SMILES string of the molecule is CC(C)(C)c1ccc(OCCCC(=O)NCc2ccc(NC(=O)C(F)(F)F)cc2)cc1. The highest BCUT2D eigenvalue weighted by Crippen LogP contribution is 2.24. The largest absolute Gasteiger partial charge is 0.494 e. The first-order chi connectivity index (χ1) is 14.4. The minimum absolute atomic E-state index is 0.0325. The van der Waals surface area contributed by atoms with Crippen molar-refractivity contribution in [2.24, 2.45) is 0 Å². The average molecular weight is 436 g/mol. The van der Waals surface area contributed by atoms with Crippen molar-refractivity contribution < 1.29 is 27.5 Å². The number of hydrogen-bond donors (Lipinski definition) is 2. The van der Waals surface area contributed by atoms with Gasteiger partial charge in [0.1, 0.15) is 5.75 Å². The van der Waals surface area contributed by atoms with Gasteiger partial charge in [-0.05, 0) is 47.2 Å². The summed E-state index contributed by atoms with van der Waals surface area (Å²) < 4.78 is 42.4. The van der Waals surface area contributed by atoms with Crippen LogP contribution in [0.1, 0.15) is 44.7 Å². The number of carbonyl (C=O) groups excluding carboxylic acids is 2. The highest BCUT2D eigenvalue weighted by atomic mass is 19.4. The molecule has 0 unspecified atom stereocenters. The Balaban J connectivity index is 1.67. The number of amides is 2. The predicted octanol–water partition coefficient (Wildman–Crippen LogP) is 4.96. The van der Waals surface area contributed by atoms with Crippen LogP contribution < -0.4 is 15.4 Å². The van der Waals surface area contributed by atoms with Crippen molar-refractivity contribution in [2.75, 3.05) is 11.9 Å². The molecule has 2 amide bonds. The molecule has 168 valence electrons. The number of benzene rings is 2. The second-order valence-electron chi connectivity index (χ2n) is 8.15. The van der Waals surface area contributed by atoms with Gasteiger partial charge in [0, 0.05) is 18.7 Å². The zero-order chi connectivity index (χ0) is 23.1. The lowest BCUT2D eigenvalue weighted by Crippen LogP contribution is -2.29. The van der Waals surface area contributed by atoms with E-state index in [-0.39, 0.29) is 23.6 Å². The van der Waals surface area contributed by atoms with Crippen LogP contribution in [0.4, 0.5) is 18.9 Å². The van der Waals surface area contributed by atoms with Gasteiger partial charge in [0.05, 0.1) is 6.61 Å². The molecule has 0 aliphatic heterocycles. The number of nitrogens with one attached hydrogen (secondary N) is 2. The van der Waals surface area contributed by atoms with Crippen LogP contribution in [0, 0.1) is 0 Å². The van der Waals surface area contributed by atoms with Crippen molar-refractivity contribution in [3.63, 3.8) is 0 Å². The Kier molecular flexibility index (Phi) is 8.08. The molecule has 0 aromatic heterocycles. The maximum Gasteiger partial charge on any atom is 0.471 e. The van der Waals surface area contributed by atoms with Crippen LogP contribution in [-0.2, 0) is 21.5 Å². The van der Waals surface area contributed by atoms with E-state index in [0.717, 1.165) is 5.75 Å². The van der Waals surface area contributed by atoms with Crippen LogP contribution in [0.25, 0.3) is 0 Å². The summed E-state index contributed by atoms with van der Waals surface area (Å²) in [6.07, 6.45) is -4.10. The summed E-state index contributed by atoms with van der Waals surface area (Å²) >= 11 is 0. The quantitative estimate of drug-likeness (QED) is 0.575. The van der Waals surface area contributed by atoms with E-state index in [4.69, 9.17) is 4.74 Å². The maximum atomic E-state index is 12.2. The number of halogens is 3. The molecule has 2 rings (SSSR count). The lowest BCUT2D eigenvalue weighted by atomic mass is 9.87. The number of hydrogen-bond acceptors (Lipinski definition) is 3. The highest BCUT2D eigenvalue weighted by molar-refractivity contribution is 5.94. The van der Waals surface area contributed by atoms with Gasteiger partial charge in [0.15, 0.2) is 0 Å². The van der Waals surface area contributed by atoms with Crippen molar-refractivity contribution >= 4 is 17.5 Å². The first-order valence-electron chi connectivity index (χ1n) is 9.92. The summed E-state index contributed by atoms with van der Waals surface area (Å²) in [5.74, 6) is -1.42. The molecule has 31 heavy (non-hydrogen) atoms. The fourth-order valence-corrected chi connectivity index (χ4v) is 2.67. The molecule has 0 bridgehead atoms. The molecule has 0 aliphatic carbocycles. The Labute approximate surface area is 180 Å². The molecule has 5 nitrogen and oxygen atoms in total. The molecule has 0 atom stereocenters. The predicted molar refractivity (Wildman–Crippen MR) is 113 cm³/mol. The van der Waals surface area contributed by atoms with E-state index < -0.39 is 12.1 Å². The summed E-state index contributed by atoms with van der Waals surface area (Å²) in [6.45, 7) is 7.07. The fourth-order valence-electron chi connectivity index (χ4n) is 2.67.